The summed E-state index contributed by atoms with van der Waals surface area (Å²) in [4.78, 5) is 0. The van der Waals surface area contributed by atoms with E-state index >= 15 is 0 Å². The predicted octanol–water partition coefficient (Wildman–Crippen LogP) is 3.00. The average molecular weight is 112 g/mol. The molecule has 0 bridgehead atoms. The first-order valence-corrected chi connectivity index (χ1v) is 3.31. The first-order chi connectivity index (χ1) is 3.66. The van der Waals surface area contributed by atoms with Crippen molar-refractivity contribution in [2.45, 2.75) is 34.1 Å². The minimum absolute atomic E-state index is 0.764. The van der Waals surface area contributed by atoms with Crippen LogP contribution in [0.25, 0.3) is 0 Å². The standard InChI is InChI=1S/C8H16/c1-5-8(4)6-7(2)3/h6,8H,5H2,1-4H3/t8-/m0/s1. The highest BCUT2D eigenvalue weighted by atomic mass is 14.0. The average Bonchev–Trinajstić information content (AvgIpc) is 1.65. The van der Waals surface area contributed by atoms with Crippen molar-refractivity contribution in [1.29, 1.82) is 0 Å². The smallest absolute Gasteiger partial charge is 0.0262 e. The summed E-state index contributed by atoms with van der Waals surface area (Å²) in [5.41, 5.74) is 1.43. The van der Waals surface area contributed by atoms with Crippen molar-refractivity contribution in [3.05, 3.63) is 11.6 Å². The molecule has 0 fully saturated rings. The molecule has 0 saturated heterocycles. The van der Waals surface area contributed by atoms with Crippen LogP contribution in [0.2, 0.25) is 0 Å². The van der Waals surface area contributed by atoms with Gasteiger partial charge in [-0.05, 0) is 19.8 Å². The van der Waals surface area contributed by atoms with Gasteiger partial charge in [0.25, 0.3) is 0 Å². The summed E-state index contributed by atoms with van der Waals surface area (Å²) in [5, 5.41) is 0. The highest BCUT2D eigenvalue weighted by Crippen LogP contribution is 2.04. The first kappa shape index (κ1) is 7.74. The Balaban J connectivity index is 3.51. The molecule has 0 heteroatoms. The van der Waals surface area contributed by atoms with Crippen molar-refractivity contribution in [3.8, 4) is 0 Å². The molecule has 0 aromatic carbocycles. The van der Waals surface area contributed by atoms with Crippen molar-refractivity contribution in [1.82, 2.24) is 0 Å². The highest BCUT2D eigenvalue weighted by molar-refractivity contribution is 4.95. The lowest BCUT2D eigenvalue weighted by molar-refractivity contribution is 0.693. The molecule has 0 amide bonds. The summed E-state index contributed by atoms with van der Waals surface area (Å²) in [6.45, 7) is 8.75. The van der Waals surface area contributed by atoms with Gasteiger partial charge in [0.05, 0.1) is 0 Å². The molecule has 48 valence electrons. The number of hydrogen-bond acceptors (Lipinski definition) is 0. The second-order valence-electron chi connectivity index (χ2n) is 2.63. The molecule has 0 spiro atoms. The Labute approximate surface area is 52.6 Å². The van der Waals surface area contributed by atoms with Gasteiger partial charge in [0.1, 0.15) is 0 Å². The molecule has 0 aliphatic carbocycles. The lowest BCUT2D eigenvalue weighted by Gasteiger charge is -1.99. The summed E-state index contributed by atoms with van der Waals surface area (Å²) in [6, 6.07) is 0. The quantitative estimate of drug-likeness (QED) is 0.482. The van der Waals surface area contributed by atoms with Crippen molar-refractivity contribution < 1.29 is 0 Å². The van der Waals surface area contributed by atoms with E-state index in [1.165, 1.54) is 12.0 Å². The lowest BCUT2D eigenvalue weighted by atomic mass is 10.1. The first-order valence-electron chi connectivity index (χ1n) is 3.31. The molecule has 0 radical (unpaired) electrons. The molecule has 0 aromatic heterocycles. The Morgan fingerprint density at radius 1 is 1.50 bits per heavy atom. The molecule has 0 aliphatic rings. The van der Waals surface area contributed by atoms with Gasteiger partial charge in [-0.15, -0.1) is 0 Å². The van der Waals surface area contributed by atoms with Crippen molar-refractivity contribution in [3.63, 3.8) is 0 Å². The molecule has 0 aliphatic heterocycles. The third-order valence-electron chi connectivity index (χ3n) is 1.26. The Kier molecular flexibility index (Phi) is 3.59. The lowest BCUT2D eigenvalue weighted by Crippen LogP contribution is -1.84. The summed E-state index contributed by atoms with van der Waals surface area (Å²) in [7, 11) is 0. The van der Waals surface area contributed by atoms with Crippen LogP contribution >= 0.6 is 0 Å². The largest absolute Gasteiger partial charge is 0.0831 e. The zero-order chi connectivity index (χ0) is 6.57. The fourth-order valence-electron chi connectivity index (χ4n) is 0.687. The molecular weight excluding hydrogens is 96.1 g/mol. The minimum atomic E-state index is 0.764. The Hall–Kier alpha value is -0.260. The van der Waals surface area contributed by atoms with Gasteiger partial charge in [0, 0.05) is 0 Å². The zero-order valence-electron chi connectivity index (χ0n) is 6.36. The molecule has 0 rings (SSSR count). The molecule has 8 heavy (non-hydrogen) atoms. The topological polar surface area (TPSA) is 0 Å². The van der Waals surface area contributed by atoms with Crippen LogP contribution in [0.3, 0.4) is 0 Å². The van der Waals surface area contributed by atoms with Gasteiger partial charge in [-0.25, -0.2) is 0 Å². The van der Waals surface area contributed by atoms with Crippen LogP contribution in [0.1, 0.15) is 34.1 Å². The maximum absolute atomic E-state index is 2.31. The van der Waals surface area contributed by atoms with E-state index in [-0.39, 0.29) is 0 Å². The van der Waals surface area contributed by atoms with Gasteiger partial charge >= 0.3 is 0 Å². The van der Waals surface area contributed by atoms with E-state index in [0.29, 0.717) is 0 Å². The van der Waals surface area contributed by atoms with E-state index in [1.807, 2.05) is 0 Å². The van der Waals surface area contributed by atoms with Crippen molar-refractivity contribution in [2.24, 2.45) is 5.92 Å². The molecule has 0 heterocycles. The van der Waals surface area contributed by atoms with Crippen LogP contribution in [-0.2, 0) is 0 Å². The second-order valence-corrected chi connectivity index (χ2v) is 2.63. The van der Waals surface area contributed by atoms with E-state index in [0.717, 1.165) is 5.92 Å². The predicted molar refractivity (Wildman–Crippen MR) is 38.9 cm³/mol. The maximum atomic E-state index is 2.31. The van der Waals surface area contributed by atoms with Crippen LogP contribution in [0.15, 0.2) is 11.6 Å². The van der Waals surface area contributed by atoms with Crippen LogP contribution in [0, 0.1) is 5.92 Å². The Morgan fingerprint density at radius 2 is 2.00 bits per heavy atom. The third-order valence-corrected chi connectivity index (χ3v) is 1.26. The minimum Gasteiger partial charge on any atom is -0.0831 e. The van der Waals surface area contributed by atoms with Gasteiger partial charge in [0.2, 0.25) is 0 Å². The van der Waals surface area contributed by atoms with E-state index in [1.54, 1.807) is 0 Å². The van der Waals surface area contributed by atoms with E-state index in [2.05, 4.69) is 33.8 Å². The normalized spacial score (nSPS) is 13.0. The van der Waals surface area contributed by atoms with Gasteiger partial charge in [-0.3, -0.25) is 0 Å². The van der Waals surface area contributed by atoms with Gasteiger partial charge in [0.15, 0.2) is 0 Å². The Morgan fingerprint density at radius 3 is 2.12 bits per heavy atom. The summed E-state index contributed by atoms with van der Waals surface area (Å²) in [5.74, 6) is 0.764. The molecule has 0 unspecified atom stereocenters. The van der Waals surface area contributed by atoms with E-state index in [9.17, 15) is 0 Å². The highest BCUT2D eigenvalue weighted by Gasteiger charge is 1.89. The maximum Gasteiger partial charge on any atom is -0.0262 e. The number of rotatable bonds is 2. The van der Waals surface area contributed by atoms with Crippen LogP contribution in [0.5, 0.6) is 0 Å². The summed E-state index contributed by atoms with van der Waals surface area (Å²) < 4.78 is 0. The van der Waals surface area contributed by atoms with Crippen LogP contribution in [0.4, 0.5) is 0 Å². The van der Waals surface area contributed by atoms with Crippen LogP contribution in [-0.4, -0.2) is 0 Å². The van der Waals surface area contributed by atoms with Crippen molar-refractivity contribution in [2.75, 3.05) is 0 Å². The monoisotopic (exact) mass is 112 g/mol. The molecule has 0 N–H and O–H groups in total. The van der Waals surface area contributed by atoms with Gasteiger partial charge in [-0.1, -0.05) is 31.9 Å². The number of allylic oxidation sites excluding steroid dienone is 2. The molecular formula is C8H16. The Bertz CT molecular complexity index is 76.0. The van der Waals surface area contributed by atoms with Crippen molar-refractivity contribution >= 4 is 0 Å². The SMILES string of the molecule is CC[C@H](C)C=C(C)C. The molecule has 0 saturated carbocycles. The van der Waals surface area contributed by atoms with Gasteiger partial charge in [-0.2, -0.15) is 0 Å². The summed E-state index contributed by atoms with van der Waals surface area (Å²) in [6.07, 6.45) is 3.56. The fourth-order valence-corrected chi connectivity index (χ4v) is 0.687. The number of hydrogen-bond donors (Lipinski definition) is 0. The molecule has 0 aromatic rings. The summed E-state index contributed by atoms with van der Waals surface area (Å²) >= 11 is 0. The van der Waals surface area contributed by atoms with Gasteiger partial charge < -0.3 is 0 Å². The van der Waals surface area contributed by atoms with E-state index < -0.39 is 0 Å². The fraction of sp³-hybridized carbons (Fsp3) is 0.750. The van der Waals surface area contributed by atoms with E-state index in [4.69, 9.17) is 0 Å². The van der Waals surface area contributed by atoms with Crippen LogP contribution < -0.4 is 0 Å². The third kappa shape index (κ3) is 3.91. The zero-order valence-corrected chi connectivity index (χ0v) is 6.36. The molecule has 1 atom stereocenters. The molecule has 0 nitrogen and oxygen atoms in total. The second kappa shape index (κ2) is 3.71.